The zero-order valence-electron chi connectivity index (χ0n) is 11.3. The van der Waals surface area contributed by atoms with Crippen molar-refractivity contribution >= 4 is 0 Å². The average Bonchev–Trinajstić information content (AvgIpc) is 2.92. The Kier molecular flexibility index (Phi) is 3.37. The number of halogens is 1. The molecule has 3 nitrogen and oxygen atoms in total. The molecule has 1 N–H and O–H groups in total. The van der Waals surface area contributed by atoms with Crippen molar-refractivity contribution in [2.45, 2.75) is 13.5 Å². The Morgan fingerprint density at radius 2 is 2.25 bits per heavy atom. The minimum atomic E-state index is -0.235. The van der Waals surface area contributed by atoms with Crippen molar-refractivity contribution in [2.24, 2.45) is 0 Å². The molecule has 1 aromatic heterocycles. The Labute approximate surface area is 117 Å². The number of aryl methyl sites for hydroxylation is 1. The first-order valence-corrected chi connectivity index (χ1v) is 6.58. The van der Waals surface area contributed by atoms with Crippen LogP contribution in [-0.2, 0) is 6.54 Å². The molecule has 0 aliphatic carbocycles. The molecule has 1 aliphatic rings. The fraction of sp³-hybridized carbons (Fsp3) is 0.188. The van der Waals surface area contributed by atoms with Crippen LogP contribution in [0, 0.1) is 12.7 Å². The lowest BCUT2D eigenvalue weighted by Crippen LogP contribution is -2.20. The largest absolute Gasteiger partial charge is 0.373 e. The highest BCUT2D eigenvalue weighted by Gasteiger charge is 2.08. The van der Waals surface area contributed by atoms with E-state index in [-0.39, 0.29) is 5.82 Å². The quantitative estimate of drug-likeness (QED) is 0.928. The summed E-state index contributed by atoms with van der Waals surface area (Å²) < 4.78 is 13.3. The maximum absolute atomic E-state index is 13.3. The van der Waals surface area contributed by atoms with Gasteiger partial charge < -0.3 is 10.2 Å². The van der Waals surface area contributed by atoms with Crippen LogP contribution in [-0.4, -0.2) is 16.6 Å². The predicted octanol–water partition coefficient (Wildman–Crippen LogP) is 3.03. The van der Waals surface area contributed by atoms with E-state index in [4.69, 9.17) is 0 Å². The second-order valence-electron chi connectivity index (χ2n) is 4.94. The molecule has 0 fully saturated rings. The van der Waals surface area contributed by atoms with Gasteiger partial charge >= 0.3 is 0 Å². The first-order chi connectivity index (χ1) is 9.72. The van der Waals surface area contributed by atoms with Gasteiger partial charge in [0.05, 0.1) is 12.4 Å². The molecule has 0 saturated heterocycles. The Morgan fingerprint density at radius 1 is 1.35 bits per heavy atom. The summed E-state index contributed by atoms with van der Waals surface area (Å²) in [7, 11) is 0. The lowest BCUT2D eigenvalue weighted by atomic mass is 10.0. The van der Waals surface area contributed by atoms with Gasteiger partial charge in [0, 0.05) is 30.7 Å². The zero-order valence-corrected chi connectivity index (χ0v) is 11.3. The summed E-state index contributed by atoms with van der Waals surface area (Å²) in [5.74, 6) is -0.235. The van der Waals surface area contributed by atoms with Gasteiger partial charge in [-0.15, -0.1) is 0 Å². The topological polar surface area (TPSA) is 28.2 Å². The molecule has 20 heavy (non-hydrogen) atoms. The van der Waals surface area contributed by atoms with E-state index in [1.807, 2.05) is 31.6 Å². The number of hydrogen-bond acceptors (Lipinski definition) is 3. The van der Waals surface area contributed by atoms with Crippen molar-refractivity contribution < 1.29 is 4.39 Å². The van der Waals surface area contributed by atoms with Crippen LogP contribution >= 0.6 is 0 Å². The van der Waals surface area contributed by atoms with E-state index < -0.39 is 0 Å². The van der Waals surface area contributed by atoms with Crippen molar-refractivity contribution in [3.8, 4) is 11.3 Å². The van der Waals surface area contributed by atoms with E-state index in [0.29, 0.717) is 0 Å². The first kappa shape index (κ1) is 12.7. The van der Waals surface area contributed by atoms with Crippen molar-refractivity contribution in [1.29, 1.82) is 0 Å². The van der Waals surface area contributed by atoms with Crippen LogP contribution in [0.15, 0.2) is 48.9 Å². The monoisotopic (exact) mass is 269 g/mol. The lowest BCUT2D eigenvalue weighted by molar-refractivity contribution is 0.384. The summed E-state index contributed by atoms with van der Waals surface area (Å²) in [4.78, 5) is 6.66. The Bertz CT molecular complexity index is 652. The van der Waals surface area contributed by atoms with Crippen LogP contribution in [0.5, 0.6) is 0 Å². The number of nitrogens with zero attached hydrogens (tertiary/aromatic N) is 2. The van der Waals surface area contributed by atoms with Crippen molar-refractivity contribution in [3.05, 3.63) is 65.9 Å². The predicted molar refractivity (Wildman–Crippen MR) is 77.1 cm³/mol. The van der Waals surface area contributed by atoms with Crippen LogP contribution in [0.4, 0.5) is 4.39 Å². The van der Waals surface area contributed by atoms with Gasteiger partial charge in [0.1, 0.15) is 5.82 Å². The van der Waals surface area contributed by atoms with Gasteiger partial charge in [0.2, 0.25) is 0 Å². The third kappa shape index (κ3) is 2.64. The standard InChI is InChI=1S/C16H16FN3/c1-12-7-13(10-20-6-5-18-11-20)9-19-16(12)14-3-2-4-15(17)8-14/h2-9,18H,10-11H2,1H3. The SMILES string of the molecule is Cc1cc(CN2C=CNC2)cnc1-c1cccc(F)c1. The molecule has 0 amide bonds. The molecule has 3 rings (SSSR count). The van der Waals surface area contributed by atoms with Crippen LogP contribution in [0.2, 0.25) is 0 Å². The van der Waals surface area contributed by atoms with Crippen LogP contribution in [0.3, 0.4) is 0 Å². The van der Waals surface area contributed by atoms with E-state index in [1.165, 1.54) is 12.1 Å². The number of benzene rings is 1. The minimum Gasteiger partial charge on any atom is -0.373 e. The average molecular weight is 269 g/mol. The summed E-state index contributed by atoms with van der Waals surface area (Å²) in [5.41, 5.74) is 3.86. The molecule has 0 bridgehead atoms. The van der Waals surface area contributed by atoms with Gasteiger partial charge in [-0.25, -0.2) is 4.39 Å². The Balaban J connectivity index is 1.85. The molecule has 0 spiro atoms. The smallest absolute Gasteiger partial charge is 0.123 e. The van der Waals surface area contributed by atoms with Crippen molar-refractivity contribution in [1.82, 2.24) is 15.2 Å². The van der Waals surface area contributed by atoms with Crippen molar-refractivity contribution in [2.75, 3.05) is 6.67 Å². The zero-order chi connectivity index (χ0) is 13.9. The molecular formula is C16H16FN3. The number of pyridine rings is 1. The number of hydrogen-bond donors (Lipinski definition) is 1. The van der Waals surface area contributed by atoms with Crippen molar-refractivity contribution in [3.63, 3.8) is 0 Å². The highest BCUT2D eigenvalue weighted by Crippen LogP contribution is 2.22. The van der Waals surface area contributed by atoms with E-state index in [2.05, 4.69) is 21.3 Å². The fourth-order valence-corrected chi connectivity index (χ4v) is 2.38. The molecule has 1 aromatic carbocycles. The molecule has 102 valence electrons. The highest BCUT2D eigenvalue weighted by atomic mass is 19.1. The fourth-order valence-electron chi connectivity index (χ4n) is 2.38. The van der Waals surface area contributed by atoms with Crippen LogP contribution < -0.4 is 5.32 Å². The lowest BCUT2D eigenvalue weighted by Gasteiger charge is -2.15. The normalized spacial score (nSPS) is 13.6. The van der Waals surface area contributed by atoms with E-state index in [0.717, 1.165) is 35.6 Å². The third-order valence-corrected chi connectivity index (χ3v) is 3.32. The number of rotatable bonds is 3. The van der Waals surface area contributed by atoms with Gasteiger partial charge in [-0.1, -0.05) is 18.2 Å². The summed E-state index contributed by atoms with van der Waals surface area (Å²) in [5, 5.41) is 3.13. The van der Waals surface area contributed by atoms with Gasteiger partial charge in [-0.3, -0.25) is 4.98 Å². The summed E-state index contributed by atoms with van der Waals surface area (Å²) >= 11 is 0. The molecule has 4 heteroatoms. The molecule has 2 aromatic rings. The maximum atomic E-state index is 13.3. The number of aromatic nitrogens is 1. The maximum Gasteiger partial charge on any atom is 0.123 e. The summed E-state index contributed by atoms with van der Waals surface area (Å²) in [6, 6.07) is 8.66. The molecule has 1 aliphatic heterocycles. The Hall–Kier alpha value is -2.36. The highest BCUT2D eigenvalue weighted by molar-refractivity contribution is 5.62. The second kappa shape index (κ2) is 5.33. The minimum absolute atomic E-state index is 0.235. The molecule has 0 unspecified atom stereocenters. The Morgan fingerprint density at radius 3 is 2.95 bits per heavy atom. The van der Waals surface area contributed by atoms with Gasteiger partial charge in [0.25, 0.3) is 0 Å². The van der Waals surface area contributed by atoms with Crippen LogP contribution in [0.1, 0.15) is 11.1 Å². The third-order valence-electron chi connectivity index (χ3n) is 3.32. The van der Waals surface area contributed by atoms with Crippen LogP contribution in [0.25, 0.3) is 11.3 Å². The van der Waals surface area contributed by atoms with Gasteiger partial charge in [-0.2, -0.15) is 0 Å². The van der Waals surface area contributed by atoms with E-state index >= 15 is 0 Å². The molecule has 2 heterocycles. The van der Waals surface area contributed by atoms with Gasteiger partial charge in [0.15, 0.2) is 0 Å². The number of nitrogens with one attached hydrogen (secondary N) is 1. The van der Waals surface area contributed by atoms with Gasteiger partial charge in [-0.05, 0) is 30.2 Å². The van der Waals surface area contributed by atoms with E-state index in [9.17, 15) is 4.39 Å². The van der Waals surface area contributed by atoms with E-state index in [1.54, 1.807) is 6.07 Å². The second-order valence-corrected chi connectivity index (χ2v) is 4.94. The molecule has 0 atom stereocenters. The first-order valence-electron chi connectivity index (χ1n) is 6.58. The summed E-state index contributed by atoms with van der Waals surface area (Å²) in [6.45, 7) is 3.65. The molecule has 0 radical (unpaired) electrons. The molecule has 0 saturated carbocycles. The summed E-state index contributed by atoms with van der Waals surface area (Å²) in [6.07, 6.45) is 5.82. The molecular weight excluding hydrogens is 253 g/mol.